The summed E-state index contributed by atoms with van der Waals surface area (Å²) in [5.74, 6) is 5.77. The SMILES string of the molecule is CC(C)CCN(C)CC(=O)N1CCC(C(=O)NN)CC1. The summed E-state index contributed by atoms with van der Waals surface area (Å²) in [7, 11) is 1.98. The summed E-state index contributed by atoms with van der Waals surface area (Å²) >= 11 is 0. The average Bonchev–Trinajstić information content (AvgIpc) is 2.44. The number of carbonyl (C=O) groups excluding carboxylic acids is 2. The van der Waals surface area contributed by atoms with E-state index in [4.69, 9.17) is 5.84 Å². The molecule has 20 heavy (non-hydrogen) atoms. The Morgan fingerprint density at radius 1 is 1.35 bits per heavy atom. The molecule has 0 unspecified atom stereocenters. The predicted octanol–water partition coefficient (Wildman–Crippen LogP) is 0.193. The van der Waals surface area contributed by atoms with Gasteiger partial charge in [-0.2, -0.15) is 0 Å². The number of piperidine rings is 1. The lowest BCUT2D eigenvalue weighted by atomic mass is 9.96. The standard InChI is InChI=1S/C14H28N4O2/c1-11(2)4-7-17(3)10-13(19)18-8-5-12(6-9-18)14(20)16-15/h11-12H,4-10,15H2,1-3H3,(H,16,20). The van der Waals surface area contributed by atoms with Crippen LogP contribution < -0.4 is 11.3 Å². The molecule has 0 aromatic rings. The minimum Gasteiger partial charge on any atom is -0.342 e. The van der Waals surface area contributed by atoms with Gasteiger partial charge in [0.25, 0.3) is 0 Å². The number of rotatable bonds is 6. The van der Waals surface area contributed by atoms with Gasteiger partial charge in [-0.3, -0.25) is 19.9 Å². The quantitative estimate of drug-likeness (QED) is 0.415. The van der Waals surface area contributed by atoms with E-state index in [9.17, 15) is 9.59 Å². The van der Waals surface area contributed by atoms with Crippen molar-refractivity contribution < 1.29 is 9.59 Å². The first-order chi connectivity index (χ1) is 9.43. The van der Waals surface area contributed by atoms with Crippen molar-refractivity contribution in [3.05, 3.63) is 0 Å². The molecule has 6 nitrogen and oxygen atoms in total. The van der Waals surface area contributed by atoms with Crippen molar-refractivity contribution in [2.24, 2.45) is 17.7 Å². The molecule has 6 heteroatoms. The number of hydrogen-bond acceptors (Lipinski definition) is 4. The number of nitrogens with two attached hydrogens (primary N) is 1. The molecule has 1 aliphatic heterocycles. The summed E-state index contributed by atoms with van der Waals surface area (Å²) in [6.45, 7) is 7.06. The van der Waals surface area contributed by atoms with E-state index in [-0.39, 0.29) is 17.7 Å². The molecule has 1 heterocycles. The summed E-state index contributed by atoms with van der Waals surface area (Å²) in [5.41, 5.74) is 2.19. The van der Waals surface area contributed by atoms with Crippen LogP contribution >= 0.6 is 0 Å². The van der Waals surface area contributed by atoms with Gasteiger partial charge < -0.3 is 4.90 Å². The third-order valence-electron chi connectivity index (χ3n) is 3.85. The third kappa shape index (κ3) is 5.46. The maximum Gasteiger partial charge on any atom is 0.237 e. The molecule has 0 radical (unpaired) electrons. The van der Waals surface area contributed by atoms with Crippen LogP contribution in [-0.4, -0.2) is 54.8 Å². The van der Waals surface area contributed by atoms with E-state index in [1.165, 1.54) is 0 Å². The zero-order valence-electron chi connectivity index (χ0n) is 12.9. The van der Waals surface area contributed by atoms with Gasteiger partial charge in [0, 0.05) is 19.0 Å². The maximum atomic E-state index is 12.2. The molecule has 0 aromatic carbocycles. The fourth-order valence-corrected chi connectivity index (χ4v) is 2.40. The molecule has 3 N–H and O–H groups in total. The van der Waals surface area contributed by atoms with Crippen molar-refractivity contribution in [2.45, 2.75) is 33.1 Å². The van der Waals surface area contributed by atoms with Crippen molar-refractivity contribution >= 4 is 11.8 Å². The molecule has 0 spiro atoms. The summed E-state index contributed by atoms with van der Waals surface area (Å²) in [5, 5.41) is 0. The zero-order chi connectivity index (χ0) is 15.1. The fraction of sp³-hybridized carbons (Fsp3) is 0.857. The van der Waals surface area contributed by atoms with E-state index in [1.54, 1.807) is 0 Å². The van der Waals surface area contributed by atoms with Crippen LogP contribution in [0.4, 0.5) is 0 Å². The largest absolute Gasteiger partial charge is 0.342 e. The second-order valence-corrected chi connectivity index (χ2v) is 6.08. The highest BCUT2D eigenvalue weighted by atomic mass is 16.2. The molecule has 0 bridgehead atoms. The molecular weight excluding hydrogens is 256 g/mol. The number of hydrogen-bond donors (Lipinski definition) is 2. The van der Waals surface area contributed by atoms with E-state index in [0.717, 1.165) is 13.0 Å². The first kappa shape index (κ1) is 16.9. The second kappa shape index (κ2) is 8.21. The van der Waals surface area contributed by atoms with Gasteiger partial charge >= 0.3 is 0 Å². The van der Waals surface area contributed by atoms with Crippen LogP contribution in [0.5, 0.6) is 0 Å². The Hall–Kier alpha value is -1.14. The van der Waals surface area contributed by atoms with E-state index in [1.807, 2.05) is 11.9 Å². The van der Waals surface area contributed by atoms with E-state index in [2.05, 4.69) is 24.2 Å². The molecule has 1 rings (SSSR count). The molecular formula is C14H28N4O2. The Morgan fingerprint density at radius 2 is 1.95 bits per heavy atom. The summed E-state index contributed by atoms with van der Waals surface area (Å²) in [6.07, 6.45) is 2.50. The van der Waals surface area contributed by atoms with Crippen molar-refractivity contribution in [1.82, 2.24) is 15.2 Å². The van der Waals surface area contributed by atoms with E-state index < -0.39 is 0 Å². The summed E-state index contributed by atoms with van der Waals surface area (Å²) in [6, 6.07) is 0. The summed E-state index contributed by atoms with van der Waals surface area (Å²) < 4.78 is 0. The van der Waals surface area contributed by atoms with E-state index in [0.29, 0.717) is 38.4 Å². The number of hydrazine groups is 1. The van der Waals surface area contributed by atoms with Crippen molar-refractivity contribution in [3.8, 4) is 0 Å². The second-order valence-electron chi connectivity index (χ2n) is 6.08. The van der Waals surface area contributed by atoms with Crippen LogP contribution in [0.15, 0.2) is 0 Å². The highest BCUT2D eigenvalue weighted by molar-refractivity contribution is 5.80. The Morgan fingerprint density at radius 3 is 2.45 bits per heavy atom. The lowest BCUT2D eigenvalue weighted by Crippen LogP contribution is -2.47. The Bertz CT molecular complexity index is 325. The Balaban J connectivity index is 2.30. The van der Waals surface area contributed by atoms with Gasteiger partial charge in [-0.15, -0.1) is 0 Å². The molecule has 0 atom stereocenters. The van der Waals surface area contributed by atoms with Crippen LogP contribution in [0, 0.1) is 11.8 Å². The monoisotopic (exact) mass is 284 g/mol. The lowest BCUT2D eigenvalue weighted by molar-refractivity contribution is -0.136. The third-order valence-corrected chi connectivity index (χ3v) is 3.85. The highest BCUT2D eigenvalue weighted by Crippen LogP contribution is 2.17. The van der Waals surface area contributed by atoms with Crippen LogP contribution in [-0.2, 0) is 9.59 Å². The molecule has 1 saturated heterocycles. The molecule has 0 saturated carbocycles. The first-order valence-electron chi connectivity index (χ1n) is 7.40. The first-order valence-corrected chi connectivity index (χ1v) is 7.40. The molecule has 0 aromatic heterocycles. The Kier molecular flexibility index (Phi) is 6.95. The maximum absolute atomic E-state index is 12.2. The van der Waals surface area contributed by atoms with Crippen molar-refractivity contribution in [1.29, 1.82) is 0 Å². The fourth-order valence-electron chi connectivity index (χ4n) is 2.40. The molecule has 116 valence electrons. The predicted molar refractivity (Wildman–Crippen MR) is 78.6 cm³/mol. The van der Waals surface area contributed by atoms with Gasteiger partial charge in [-0.25, -0.2) is 5.84 Å². The van der Waals surface area contributed by atoms with Gasteiger partial charge in [0.05, 0.1) is 6.54 Å². The topological polar surface area (TPSA) is 78.7 Å². The van der Waals surface area contributed by atoms with Gasteiger partial charge in [-0.1, -0.05) is 13.8 Å². The van der Waals surface area contributed by atoms with Gasteiger partial charge in [-0.05, 0) is 38.8 Å². The van der Waals surface area contributed by atoms with Crippen LogP contribution in [0.1, 0.15) is 33.1 Å². The van der Waals surface area contributed by atoms with Gasteiger partial charge in [0.15, 0.2) is 0 Å². The molecule has 1 aliphatic rings. The molecule has 0 aliphatic carbocycles. The van der Waals surface area contributed by atoms with Crippen LogP contribution in [0.3, 0.4) is 0 Å². The average molecular weight is 284 g/mol. The molecule has 2 amide bonds. The van der Waals surface area contributed by atoms with Crippen LogP contribution in [0.2, 0.25) is 0 Å². The summed E-state index contributed by atoms with van der Waals surface area (Å²) in [4.78, 5) is 27.5. The van der Waals surface area contributed by atoms with Crippen molar-refractivity contribution in [2.75, 3.05) is 33.2 Å². The number of nitrogens with one attached hydrogen (secondary N) is 1. The lowest BCUT2D eigenvalue weighted by Gasteiger charge is -2.32. The number of amides is 2. The zero-order valence-corrected chi connectivity index (χ0v) is 12.9. The van der Waals surface area contributed by atoms with E-state index >= 15 is 0 Å². The normalized spacial score (nSPS) is 16.8. The highest BCUT2D eigenvalue weighted by Gasteiger charge is 2.27. The Labute approximate surface area is 121 Å². The minimum absolute atomic E-state index is 0.0530. The number of likely N-dealkylation sites (tertiary alicyclic amines) is 1. The number of nitrogens with zero attached hydrogens (tertiary/aromatic N) is 2. The van der Waals surface area contributed by atoms with Crippen LogP contribution in [0.25, 0.3) is 0 Å². The van der Waals surface area contributed by atoms with Crippen molar-refractivity contribution in [3.63, 3.8) is 0 Å². The molecule has 1 fully saturated rings. The smallest absolute Gasteiger partial charge is 0.237 e. The number of carbonyl (C=O) groups is 2. The number of likely N-dealkylation sites (N-methyl/N-ethyl adjacent to an activating group) is 1. The van der Waals surface area contributed by atoms with Gasteiger partial charge in [0.1, 0.15) is 0 Å². The minimum atomic E-state index is -0.119. The van der Waals surface area contributed by atoms with Gasteiger partial charge in [0.2, 0.25) is 11.8 Å².